The van der Waals surface area contributed by atoms with Gasteiger partial charge in [0.2, 0.25) is 0 Å². The van der Waals surface area contributed by atoms with Gasteiger partial charge in [-0.2, -0.15) is 0 Å². The van der Waals surface area contributed by atoms with Crippen LogP contribution >= 0.6 is 0 Å². The Morgan fingerprint density at radius 3 is 2.07 bits per heavy atom. The minimum atomic E-state index is 0.395. The van der Waals surface area contributed by atoms with Crippen LogP contribution in [0.1, 0.15) is 22.7 Å². The normalized spacial score (nSPS) is 17.3. The molecule has 0 radical (unpaired) electrons. The maximum Gasteiger partial charge on any atom is 0.119 e. The van der Waals surface area contributed by atoms with Crippen molar-refractivity contribution >= 4 is 0 Å². The lowest BCUT2D eigenvalue weighted by Gasteiger charge is -2.38. The molecule has 142 valence electrons. The molecule has 1 saturated heterocycles. The minimum absolute atomic E-state index is 0.395. The van der Waals surface area contributed by atoms with Crippen LogP contribution in [0.2, 0.25) is 0 Å². The molecule has 0 saturated carbocycles. The van der Waals surface area contributed by atoms with Crippen molar-refractivity contribution in [3.63, 3.8) is 0 Å². The molecule has 0 unspecified atom stereocenters. The average molecular weight is 370 g/mol. The van der Waals surface area contributed by atoms with Gasteiger partial charge in [-0.15, -0.1) is 0 Å². The van der Waals surface area contributed by atoms with Gasteiger partial charge in [0.1, 0.15) is 5.75 Å². The highest BCUT2D eigenvalue weighted by molar-refractivity contribution is 5.78. The first kappa shape index (κ1) is 17.5. The molecule has 1 fully saturated rings. The lowest BCUT2D eigenvalue weighted by atomic mass is 10.0. The molecule has 3 aromatic carbocycles. The zero-order chi connectivity index (χ0) is 18.9. The highest BCUT2D eigenvalue weighted by Crippen LogP contribution is 2.46. The molecule has 1 aliphatic carbocycles. The fourth-order valence-corrected chi connectivity index (χ4v) is 4.73. The number of nitrogens with zero attached hydrogens (tertiary/aromatic N) is 2. The molecule has 5 rings (SSSR count). The van der Waals surface area contributed by atoms with Crippen LogP contribution in [0.15, 0.2) is 72.8 Å². The first-order valence-electron chi connectivity index (χ1n) is 10.1. The summed E-state index contributed by atoms with van der Waals surface area (Å²) in [6.45, 7) is 5.37. The number of fused-ring (bicyclic) bond motifs is 3. The maximum atomic E-state index is 5.37. The molecule has 0 aromatic heterocycles. The summed E-state index contributed by atoms with van der Waals surface area (Å²) in [4.78, 5) is 5.21. The Balaban J connectivity index is 1.32. The van der Waals surface area contributed by atoms with Crippen molar-refractivity contribution < 1.29 is 4.74 Å². The monoisotopic (exact) mass is 370 g/mol. The van der Waals surface area contributed by atoms with Crippen molar-refractivity contribution in [1.82, 2.24) is 9.80 Å². The number of hydrogen-bond donors (Lipinski definition) is 0. The van der Waals surface area contributed by atoms with E-state index in [1.54, 1.807) is 7.11 Å². The van der Waals surface area contributed by atoms with E-state index < -0.39 is 0 Å². The first-order valence-corrected chi connectivity index (χ1v) is 10.1. The van der Waals surface area contributed by atoms with E-state index in [2.05, 4.69) is 76.5 Å². The van der Waals surface area contributed by atoms with Crippen LogP contribution in [-0.2, 0) is 6.54 Å². The second-order valence-corrected chi connectivity index (χ2v) is 7.74. The third-order valence-corrected chi connectivity index (χ3v) is 6.11. The van der Waals surface area contributed by atoms with Crippen molar-refractivity contribution in [3.8, 4) is 16.9 Å². The summed E-state index contributed by atoms with van der Waals surface area (Å²) in [6.07, 6.45) is 0. The highest BCUT2D eigenvalue weighted by atomic mass is 16.5. The van der Waals surface area contributed by atoms with Crippen LogP contribution in [0, 0.1) is 0 Å². The molecule has 1 aliphatic heterocycles. The molecule has 0 bridgehead atoms. The van der Waals surface area contributed by atoms with Crippen LogP contribution in [0.3, 0.4) is 0 Å². The SMILES string of the molecule is COc1cccc(CN2CCN(C3c4ccccc4-c4ccccc43)CC2)c1. The molecular formula is C25H26N2O. The van der Waals surface area contributed by atoms with Gasteiger partial charge in [-0.05, 0) is 39.9 Å². The van der Waals surface area contributed by atoms with Crippen LogP contribution in [0.5, 0.6) is 5.75 Å². The van der Waals surface area contributed by atoms with Gasteiger partial charge >= 0.3 is 0 Å². The lowest BCUT2D eigenvalue weighted by Crippen LogP contribution is -2.47. The highest BCUT2D eigenvalue weighted by Gasteiger charge is 2.34. The zero-order valence-corrected chi connectivity index (χ0v) is 16.3. The number of piperazine rings is 1. The van der Waals surface area contributed by atoms with Crippen molar-refractivity contribution in [2.45, 2.75) is 12.6 Å². The minimum Gasteiger partial charge on any atom is -0.497 e. The first-order chi connectivity index (χ1) is 13.8. The Morgan fingerprint density at radius 1 is 0.786 bits per heavy atom. The van der Waals surface area contributed by atoms with Gasteiger partial charge in [-0.1, -0.05) is 60.7 Å². The van der Waals surface area contributed by atoms with Crippen LogP contribution < -0.4 is 4.74 Å². The van der Waals surface area contributed by atoms with Crippen LogP contribution in [0.25, 0.3) is 11.1 Å². The Hall–Kier alpha value is -2.62. The van der Waals surface area contributed by atoms with Gasteiger partial charge in [0.05, 0.1) is 13.2 Å². The summed E-state index contributed by atoms with van der Waals surface area (Å²) in [6, 6.07) is 26.7. The van der Waals surface area contributed by atoms with E-state index in [-0.39, 0.29) is 0 Å². The third kappa shape index (κ3) is 3.11. The second kappa shape index (κ2) is 7.42. The van der Waals surface area contributed by atoms with E-state index in [0.29, 0.717) is 6.04 Å². The number of hydrogen-bond acceptors (Lipinski definition) is 3. The summed E-state index contributed by atoms with van der Waals surface area (Å²) in [5.74, 6) is 0.940. The molecule has 28 heavy (non-hydrogen) atoms. The van der Waals surface area contributed by atoms with E-state index in [0.717, 1.165) is 38.5 Å². The molecular weight excluding hydrogens is 344 g/mol. The zero-order valence-electron chi connectivity index (χ0n) is 16.3. The summed E-state index contributed by atoms with van der Waals surface area (Å²) < 4.78 is 5.37. The Morgan fingerprint density at radius 2 is 1.43 bits per heavy atom. The van der Waals surface area contributed by atoms with E-state index in [1.165, 1.54) is 27.8 Å². The number of ether oxygens (including phenoxy) is 1. The van der Waals surface area contributed by atoms with E-state index in [1.807, 2.05) is 6.07 Å². The molecule has 0 spiro atoms. The van der Waals surface area contributed by atoms with E-state index in [4.69, 9.17) is 4.74 Å². The van der Waals surface area contributed by atoms with E-state index >= 15 is 0 Å². The Kier molecular flexibility index (Phi) is 4.63. The average Bonchev–Trinajstić information content (AvgIpc) is 3.09. The van der Waals surface area contributed by atoms with Gasteiger partial charge in [0.15, 0.2) is 0 Å². The quantitative estimate of drug-likeness (QED) is 0.668. The van der Waals surface area contributed by atoms with Crippen molar-refractivity contribution in [2.75, 3.05) is 33.3 Å². The topological polar surface area (TPSA) is 15.7 Å². The largest absolute Gasteiger partial charge is 0.497 e. The van der Waals surface area contributed by atoms with Gasteiger partial charge in [-0.25, -0.2) is 0 Å². The molecule has 2 aliphatic rings. The maximum absolute atomic E-state index is 5.37. The molecule has 0 atom stereocenters. The smallest absolute Gasteiger partial charge is 0.119 e. The van der Waals surface area contributed by atoms with Gasteiger partial charge in [-0.3, -0.25) is 9.80 Å². The van der Waals surface area contributed by atoms with Crippen LogP contribution in [0.4, 0.5) is 0 Å². The van der Waals surface area contributed by atoms with Gasteiger partial charge < -0.3 is 4.74 Å². The second-order valence-electron chi connectivity index (χ2n) is 7.74. The molecule has 3 heteroatoms. The number of methoxy groups -OCH3 is 1. The Bertz CT molecular complexity index is 930. The van der Waals surface area contributed by atoms with Crippen molar-refractivity contribution in [1.29, 1.82) is 0 Å². The number of benzene rings is 3. The fraction of sp³-hybridized carbons (Fsp3) is 0.280. The van der Waals surface area contributed by atoms with Crippen molar-refractivity contribution in [2.24, 2.45) is 0 Å². The molecule has 0 amide bonds. The summed E-state index contributed by atoms with van der Waals surface area (Å²) in [5.41, 5.74) is 7.06. The predicted molar refractivity (Wildman–Crippen MR) is 114 cm³/mol. The van der Waals surface area contributed by atoms with Crippen molar-refractivity contribution in [3.05, 3.63) is 89.5 Å². The van der Waals surface area contributed by atoms with Gasteiger partial charge in [0, 0.05) is 32.7 Å². The molecule has 3 aromatic rings. The summed E-state index contributed by atoms with van der Waals surface area (Å²) >= 11 is 0. The standard InChI is InChI=1S/C25H26N2O/c1-28-20-8-6-7-19(17-20)18-26-13-15-27(16-14-26)25-23-11-4-2-9-21(23)22-10-3-5-12-24(22)25/h2-12,17,25H,13-16,18H2,1H3. The third-order valence-electron chi connectivity index (χ3n) is 6.11. The summed E-state index contributed by atoms with van der Waals surface area (Å²) in [7, 11) is 1.73. The fourth-order valence-electron chi connectivity index (χ4n) is 4.73. The molecule has 1 heterocycles. The van der Waals surface area contributed by atoms with E-state index in [9.17, 15) is 0 Å². The Labute approximate surface area is 167 Å². The molecule has 0 N–H and O–H groups in total. The number of rotatable bonds is 4. The lowest BCUT2D eigenvalue weighted by molar-refractivity contribution is 0.106. The molecule has 3 nitrogen and oxygen atoms in total. The van der Waals surface area contributed by atoms with Gasteiger partial charge in [0.25, 0.3) is 0 Å². The van der Waals surface area contributed by atoms with Crippen LogP contribution in [-0.4, -0.2) is 43.1 Å². The predicted octanol–water partition coefficient (Wildman–Crippen LogP) is 4.58. The summed E-state index contributed by atoms with van der Waals surface area (Å²) in [5, 5.41) is 0.